The van der Waals surface area contributed by atoms with E-state index >= 15 is 0 Å². The van der Waals surface area contributed by atoms with Crippen molar-refractivity contribution in [2.45, 2.75) is 33.7 Å². The summed E-state index contributed by atoms with van der Waals surface area (Å²) in [6.07, 6.45) is 5.39. The maximum absolute atomic E-state index is 13.3. The van der Waals surface area contributed by atoms with E-state index in [9.17, 15) is 4.79 Å². The summed E-state index contributed by atoms with van der Waals surface area (Å²) in [6, 6.07) is 14.0. The number of hydrogen-bond donors (Lipinski definition) is 2. The SMILES string of the molecule is Cc1cc(C(C)Nc2ccc3cc[nH]c3c2C)c2oc(-c3cccnc3)c(C)c(=O)c2c1. The van der Waals surface area contributed by atoms with Crippen molar-refractivity contribution in [3.8, 4) is 11.3 Å². The molecule has 5 nitrogen and oxygen atoms in total. The van der Waals surface area contributed by atoms with Crippen molar-refractivity contribution in [3.63, 3.8) is 0 Å². The van der Waals surface area contributed by atoms with Crippen molar-refractivity contribution in [1.82, 2.24) is 9.97 Å². The third kappa shape index (κ3) is 3.26. The number of nitrogens with one attached hydrogen (secondary N) is 2. The van der Waals surface area contributed by atoms with Crippen molar-refractivity contribution in [2.24, 2.45) is 0 Å². The van der Waals surface area contributed by atoms with Crippen molar-refractivity contribution in [2.75, 3.05) is 5.32 Å². The molecule has 3 heterocycles. The van der Waals surface area contributed by atoms with Crippen LogP contribution in [0.5, 0.6) is 0 Å². The Morgan fingerprint density at radius 2 is 1.91 bits per heavy atom. The van der Waals surface area contributed by atoms with Gasteiger partial charge in [-0.3, -0.25) is 9.78 Å². The molecule has 0 bridgehead atoms. The summed E-state index contributed by atoms with van der Waals surface area (Å²) in [6.45, 7) is 8.02. The van der Waals surface area contributed by atoms with Gasteiger partial charge in [0.1, 0.15) is 11.3 Å². The van der Waals surface area contributed by atoms with Gasteiger partial charge in [-0.2, -0.15) is 0 Å². The molecule has 2 aromatic carbocycles. The van der Waals surface area contributed by atoms with E-state index in [0.29, 0.717) is 22.3 Å². The highest BCUT2D eigenvalue weighted by Gasteiger charge is 2.19. The molecule has 0 saturated heterocycles. The largest absolute Gasteiger partial charge is 0.455 e. The summed E-state index contributed by atoms with van der Waals surface area (Å²) >= 11 is 0. The smallest absolute Gasteiger partial charge is 0.196 e. The topological polar surface area (TPSA) is 70.9 Å². The number of aryl methyl sites for hydroxylation is 2. The fourth-order valence-corrected chi connectivity index (χ4v) is 4.41. The molecule has 3 aromatic heterocycles. The molecule has 0 radical (unpaired) electrons. The van der Waals surface area contributed by atoms with Crippen molar-refractivity contribution < 1.29 is 4.42 Å². The molecule has 0 fully saturated rings. The van der Waals surface area contributed by atoms with Crippen LogP contribution in [0.25, 0.3) is 33.2 Å². The molecule has 0 spiro atoms. The number of pyridine rings is 1. The number of hydrogen-bond acceptors (Lipinski definition) is 4. The first-order valence-corrected chi connectivity index (χ1v) is 10.8. The number of rotatable bonds is 4. The lowest BCUT2D eigenvalue weighted by atomic mass is 9.98. The van der Waals surface area contributed by atoms with Crippen LogP contribution < -0.4 is 10.7 Å². The zero-order chi connectivity index (χ0) is 22.4. The molecule has 0 aliphatic carbocycles. The van der Waals surface area contributed by atoms with Gasteiger partial charge in [-0.25, -0.2) is 0 Å². The lowest BCUT2D eigenvalue weighted by Crippen LogP contribution is -2.13. The Kier molecular flexibility index (Phi) is 4.82. The van der Waals surface area contributed by atoms with E-state index in [0.717, 1.165) is 33.5 Å². The molecular formula is C27H25N3O2. The van der Waals surface area contributed by atoms with E-state index in [2.05, 4.69) is 53.4 Å². The molecule has 0 saturated carbocycles. The molecule has 2 N–H and O–H groups in total. The normalized spacial score (nSPS) is 12.4. The van der Waals surface area contributed by atoms with Crippen LogP contribution in [-0.2, 0) is 0 Å². The maximum Gasteiger partial charge on any atom is 0.196 e. The Hall–Kier alpha value is -3.86. The molecule has 1 unspecified atom stereocenters. The Morgan fingerprint density at radius 1 is 1.06 bits per heavy atom. The Labute approximate surface area is 186 Å². The predicted octanol–water partition coefficient (Wildman–Crippen LogP) is 6.43. The minimum Gasteiger partial charge on any atom is -0.455 e. The van der Waals surface area contributed by atoms with Gasteiger partial charge in [0.2, 0.25) is 0 Å². The third-order valence-electron chi connectivity index (χ3n) is 6.14. The molecule has 0 aliphatic heterocycles. The highest BCUT2D eigenvalue weighted by atomic mass is 16.3. The number of H-pyrrole nitrogens is 1. The van der Waals surface area contributed by atoms with Crippen molar-refractivity contribution in [3.05, 3.63) is 93.5 Å². The number of aromatic nitrogens is 2. The summed E-state index contributed by atoms with van der Waals surface area (Å²) in [5.41, 5.74) is 7.30. The van der Waals surface area contributed by atoms with Crippen LogP contribution in [0.1, 0.15) is 35.2 Å². The van der Waals surface area contributed by atoms with Crippen LogP contribution in [0, 0.1) is 20.8 Å². The maximum atomic E-state index is 13.3. The molecule has 5 heteroatoms. The Balaban J connectivity index is 1.66. The van der Waals surface area contributed by atoms with E-state index in [1.54, 1.807) is 12.4 Å². The number of aromatic amines is 1. The second kappa shape index (κ2) is 7.68. The van der Waals surface area contributed by atoms with Gasteiger partial charge in [0.15, 0.2) is 5.43 Å². The lowest BCUT2D eigenvalue weighted by Gasteiger charge is -2.20. The first kappa shape index (κ1) is 20.1. The van der Waals surface area contributed by atoms with Crippen LogP contribution in [0.4, 0.5) is 5.69 Å². The van der Waals surface area contributed by atoms with Crippen molar-refractivity contribution in [1.29, 1.82) is 0 Å². The van der Waals surface area contributed by atoms with E-state index < -0.39 is 0 Å². The second-order valence-corrected chi connectivity index (χ2v) is 8.40. The van der Waals surface area contributed by atoms with Gasteiger partial charge in [0.25, 0.3) is 0 Å². The molecule has 0 amide bonds. The van der Waals surface area contributed by atoms with E-state index in [1.165, 1.54) is 5.39 Å². The Bertz CT molecular complexity index is 1510. The van der Waals surface area contributed by atoms with E-state index in [-0.39, 0.29) is 11.5 Å². The predicted molar refractivity (Wildman–Crippen MR) is 130 cm³/mol. The van der Waals surface area contributed by atoms with Crippen LogP contribution in [0.2, 0.25) is 0 Å². The first-order chi connectivity index (χ1) is 15.4. The third-order valence-corrected chi connectivity index (χ3v) is 6.14. The van der Waals surface area contributed by atoms with Gasteiger partial charge in [-0.15, -0.1) is 0 Å². The second-order valence-electron chi connectivity index (χ2n) is 8.40. The number of benzene rings is 2. The fraction of sp³-hybridized carbons (Fsp3) is 0.185. The molecular weight excluding hydrogens is 398 g/mol. The molecule has 5 aromatic rings. The van der Waals surface area contributed by atoms with Gasteiger partial charge in [-0.05, 0) is 74.5 Å². The van der Waals surface area contributed by atoms with Gasteiger partial charge < -0.3 is 14.7 Å². The minimum atomic E-state index is -0.0730. The molecule has 1 atom stereocenters. The van der Waals surface area contributed by atoms with Crippen LogP contribution in [0.3, 0.4) is 0 Å². The zero-order valence-corrected chi connectivity index (χ0v) is 18.6. The summed E-state index contributed by atoms with van der Waals surface area (Å²) in [4.78, 5) is 20.8. The summed E-state index contributed by atoms with van der Waals surface area (Å²) < 4.78 is 6.41. The quantitative estimate of drug-likeness (QED) is 0.349. The Morgan fingerprint density at radius 3 is 2.69 bits per heavy atom. The van der Waals surface area contributed by atoms with Gasteiger partial charge in [0, 0.05) is 41.0 Å². The van der Waals surface area contributed by atoms with Crippen LogP contribution >= 0.6 is 0 Å². The van der Waals surface area contributed by atoms with Crippen LogP contribution in [-0.4, -0.2) is 9.97 Å². The summed E-state index contributed by atoms with van der Waals surface area (Å²) in [7, 11) is 0. The van der Waals surface area contributed by atoms with E-state index in [4.69, 9.17) is 4.42 Å². The van der Waals surface area contributed by atoms with Crippen LogP contribution in [0.15, 0.2) is 70.3 Å². The minimum absolute atomic E-state index is 0.00811. The highest BCUT2D eigenvalue weighted by molar-refractivity contribution is 5.88. The fourth-order valence-electron chi connectivity index (χ4n) is 4.41. The molecule has 32 heavy (non-hydrogen) atoms. The monoisotopic (exact) mass is 423 g/mol. The molecule has 0 aliphatic rings. The number of fused-ring (bicyclic) bond motifs is 2. The van der Waals surface area contributed by atoms with Gasteiger partial charge in [0.05, 0.1) is 16.9 Å². The van der Waals surface area contributed by atoms with E-state index in [1.807, 2.05) is 38.2 Å². The highest BCUT2D eigenvalue weighted by Crippen LogP contribution is 2.33. The van der Waals surface area contributed by atoms with Gasteiger partial charge in [-0.1, -0.05) is 12.1 Å². The number of anilines is 1. The molecule has 160 valence electrons. The number of nitrogens with zero attached hydrogens (tertiary/aromatic N) is 1. The summed E-state index contributed by atoms with van der Waals surface area (Å²) in [5, 5.41) is 5.42. The summed E-state index contributed by atoms with van der Waals surface area (Å²) in [5.74, 6) is 0.567. The average Bonchev–Trinajstić information content (AvgIpc) is 3.28. The zero-order valence-electron chi connectivity index (χ0n) is 18.6. The first-order valence-electron chi connectivity index (χ1n) is 10.8. The van der Waals surface area contributed by atoms with Crippen molar-refractivity contribution >= 4 is 27.6 Å². The lowest BCUT2D eigenvalue weighted by molar-refractivity contribution is 0.605. The standard InChI is InChI=1S/C27H25N3O2/c1-15-12-21(18(4)30-23-8-7-19-9-11-29-24(19)16(23)2)27-22(13-15)25(31)17(3)26(32-27)20-6-5-10-28-14-20/h5-14,18,29-30H,1-4H3. The van der Waals surface area contributed by atoms with Gasteiger partial charge >= 0.3 is 0 Å². The average molecular weight is 424 g/mol. The molecule has 5 rings (SSSR count).